The van der Waals surface area contributed by atoms with E-state index in [9.17, 15) is 17.8 Å². The zero-order chi connectivity index (χ0) is 24.7. The molecule has 3 rings (SSSR count). The zero-order valence-electron chi connectivity index (χ0n) is 18.8. The highest BCUT2D eigenvalue weighted by Crippen LogP contribution is 2.40. The maximum Gasteiger partial charge on any atom is 0.303 e. The lowest BCUT2D eigenvalue weighted by molar-refractivity contribution is -0.137. The van der Waals surface area contributed by atoms with Gasteiger partial charge in [0.2, 0.25) is 5.88 Å². The highest BCUT2D eigenvalue weighted by atomic mass is 32.2. The molecule has 0 spiro atoms. The predicted octanol–water partition coefficient (Wildman–Crippen LogP) is 5.08. The van der Waals surface area contributed by atoms with Crippen molar-refractivity contribution in [1.82, 2.24) is 0 Å². The normalized spacial score (nSPS) is 14.3. The first-order valence-corrected chi connectivity index (χ1v) is 12.2. The van der Waals surface area contributed by atoms with Crippen LogP contribution in [-0.2, 0) is 14.9 Å². The Morgan fingerprint density at radius 1 is 1.18 bits per heavy atom. The van der Waals surface area contributed by atoms with E-state index in [1.165, 1.54) is 12.1 Å². The summed E-state index contributed by atoms with van der Waals surface area (Å²) in [5.74, 6) is 1.06. The molecule has 1 heterocycles. The average molecular weight is 486 g/mol. The molecule has 0 radical (unpaired) electrons. The summed E-state index contributed by atoms with van der Waals surface area (Å²) in [5.41, 5.74) is 1.63. The van der Waals surface area contributed by atoms with E-state index in [0.717, 1.165) is 5.56 Å². The molecule has 0 fully saturated rings. The van der Waals surface area contributed by atoms with Crippen molar-refractivity contribution in [1.29, 1.82) is 0 Å². The molecular formula is C25H27NO7S. The van der Waals surface area contributed by atoms with Crippen molar-refractivity contribution >= 4 is 21.8 Å². The molecule has 1 aliphatic rings. The number of aryl methyl sites for hydroxylation is 1. The van der Waals surface area contributed by atoms with E-state index in [2.05, 4.69) is 6.58 Å². The first-order chi connectivity index (χ1) is 16.1. The molecule has 34 heavy (non-hydrogen) atoms. The topological polar surface area (TPSA) is 113 Å². The third-order valence-corrected chi connectivity index (χ3v) is 5.98. The largest absolute Gasteiger partial charge is 0.481 e. The van der Waals surface area contributed by atoms with Gasteiger partial charge in [-0.2, -0.15) is 8.42 Å². The van der Waals surface area contributed by atoms with Gasteiger partial charge >= 0.3 is 5.97 Å². The highest BCUT2D eigenvalue weighted by molar-refractivity contribution is 7.85. The second-order valence-electron chi connectivity index (χ2n) is 7.76. The first-order valence-electron chi connectivity index (χ1n) is 10.7. The van der Waals surface area contributed by atoms with Crippen LogP contribution in [0.5, 0.6) is 11.5 Å². The second kappa shape index (κ2) is 11.0. The lowest BCUT2D eigenvalue weighted by atomic mass is 10.2. The maximum atomic E-state index is 11.5. The van der Waals surface area contributed by atoms with E-state index in [-0.39, 0.29) is 11.3 Å². The molecular weight excluding hydrogens is 458 g/mol. The molecule has 0 amide bonds. The SMILES string of the molecule is C=C(/C=C/C=C1\Oc2cc(S(=O)(=O)O)ccc2N1CCCCCC(=O)O)Oc1ccccc1C. The molecule has 0 unspecified atom stereocenters. The van der Waals surface area contributed by atoms with E-state index in [1.807, 2.05) is 36.1 Å². The van der Waals surface area contributed by atoms with E-state index in [0.29, 0.717) is 54.6 Å². The minimum atomic E-state index is -4.37. The van der Waals surface area contributed by atoms with Crippen LogP contribution in [0, 0.1) is 6.92 Å². The van der Waals surface area contributed by atoms with Gasteiger partial charge in [0.1, 0.15) is 11.5 Å². The van der Waals surface area contributed by atoms with Gasteiger partial charge in [0.05, 0.1) is 10.6 Å². The number of aliphatic carboxylic acids is 1. The third-order valence-electron chi connectivity index (χ3n) is 5.13. The molecule has 8 nitrogen and oxygen atoms in total. The van der Waals surface area contributed by atoms with Gasteiger partial charge in [0, 0.05) is 19.0 Å². The number of allylic oxidation sites excluding steroid dienone is 3. The Balaban J connectivity index is 1.75. The fourth-order valence-corrected chi connectivity index (χ4v) is 3.90. The Morgan fingerprint density at radius 2 is 1.94 bits per heavy atom. The summed E-state index contributed by atoms with van der Waals surface area (Å²) >= 11 is 0. The Morgan fingerprint density at radius 3 is 2.65 bits per heavy atom. The smallest absolute Gasteiger partial charge is 0.303 e. The number of para-hydroxylation sites is 1. The number of benzene rings is 2. The molecule has 2 aromatic carbocycles. The molecule has 1 aliphatic heterocycles. The third kappa shape index (κ3) is 6.72. The Hall–Kier alpha value is -3.56. The number of anilines is 1. The number of fused-ring (bicyclic) bond motifs is 1. The van der Waals surface area contributed by atoms with E-state index in [1.54, 1.807) is 24.3 Å². The van der Waals surface area contributed by atoms with Crippen molar-refractivity contribution in [2.24, 2.45) is 0 Å². The molecule has 0 atom stereocenters. The summed E-state index contributed by atoms with van der Waals surface area (Å²) in [5, 5.41) is 8.80. The van der Waals surface area contributed by atoms with Crippen molar-refractivity contribution in [2.75, 3.05) is 11.4 Å². The second-order valence-corrected chi connectivity index (χ2v) is 9.18. The van der Waals surface area contributed by atoms with E-state index < -0.39 is 16.1 Å². The van der Waals surface area contributed by atoms with Crippen molar-refractivity contribution in [3.05, 3.63) is 84.5 Å². The maximum absolute atomic E-state index is 11.5. The van der Waals surface area contributed by atoms with Crippen molar-refractivity contribution in [2.45, 2.75) is 37.5 Å². The van der Waals surface area contributed by atoms with Crippen LogP contribution in [0.3, 0.4) is 0 Å². The summed E-state index contributed by atoms with van der Waals surface area (Å²) in [7, 11) is -4.37. The van der Waals surface area contributed by atoms with Crippen LogP contribution in [0.2, 0.25) is 0 Å². The molecule has 2 N–H and O–H groups in total. The van der Waals surface area contributed by atoms with Crippen molar-refractivity contribution in [3.63, 3.8) is 0 Å². The van der Waals surface area contributed by atoms with Gasteiger partial charge in [0.15, 0.2) is 5.75 Å². The molecule has 0 bridgehead atoms. The number of nitrogens with zero attached hydrogens (tertiary/aromatic N) is 1. The number of rotatable bonds is 11. The standard InChI is InChI=1S/C25H27NO7S/c1-18-9-5-6-11-22(18)32-19(2)10-8-12-24-26(16-7-3-4-13-25(27)28)21-15-14-20(34(29,30)31)17-23(21)33-24/h5-6,8-12,14-15,17H,2-4,7,13,16H2,1H3,(H,27,28)(H,29,30,31)/b10-8+,24-12-. The fraction of sp³-hybridized carbons (Fsp3) is 0.240. The van der Waals surface area contributed by atoms with Gasteiger partial charge in [-0.1, -0.05) is 37.3 Å². The van der Waals surface area contributed by atoms with Gasteiger partial charge in [-0.25, -0.2) is 0 Å². The number of carboxylic acid groups (broad SMARTS) is 1. The van der Waals surface area contributed by atoms with E-state index in [4.69, 9.17) is 14.6 Å². The van der Waals surface area contributed by atoms with Crippen molar-refractivity contribution in [3.8, 4) is 11.5 Å². The predicted molar refractivity (Wildman–Crippen MR) is 129 cm³/mol. The van der Waals surface area contributed by atoms with Crippen molar-refractivity contribution < 1.29 is 32.3 Å². The van der Waals surface area contributed by atoms with Gasteiger partial charge in [-0.05, 0) is 55.7 Å². The van der Waals surface area contributed by atoms with Crippen LogP contribution in [-0.4, -0.2) is 30.6 Å². The van der Waals surface area contributed by atoms with Crippen LogP contribution in [0.15, 0.2) is 83.8 Å². The molecule has 180 valence electrons. The molecule has 9 heteroatoms. The first kappa shape index (κ1) is 25.1. The fourth-order valence-electron chi connectivity index (χ4n) is 3.41. The minimum Gasteiger partial charge on any atom is -0.481 e. The summed E-state index contributed by atoms with van der Waals surface area (Å²) in [4.78, 5) is 12.3. The Labute approximate surface area is 199 Å². The number of unbranched alkanes of at least 4 members (excludes halogenated alkanes) is 2. The zero-order valence-corrected chi connectivity index (χ0v) is 19.6. The Bertz CT molecular complexity index is 1230. The average Bonchev–Trinajstić information content (AvgIpc) is 3.11. The lowest BCUT2D eigenvalue weighted by Gasteiger charge is -2.18. The van der Waals surface area contributed by atoms with Crippen LogP contribution in [0.1, 0.15) is 31.2 Å². The van der Waals surface area contributed by atoms with Gasteiger partial charge in [-0.3, -0.25) is 9.35 Å². The molecule has 0 saturated heterocycles. The van der Waals surface area contributed by atoms with Crippen LogP contribution in [0.4, 0.5) is 5.69 Å². The highest BCUT2D eigenvalue weighted by Gasteiger charge is 2.27. The van der Waals surface area contributed by atoms with Crippen LogP contribution >= 0.6 is 0 Å². The summed E-state index contributed by atoms with van der Waals surface area (Å²) < 4.78 is 44.0. The summed E-state index contributed by atoms with van der Waals surface area (Å²) in [6.45, 7) is 6.38. The lowest BCUT2D eigenvalue weighted by Crippen LogP contribution is -2.21. The van der Waals surface area contributed by atoms with Gasteiger partial charge in [0.25, 0.3) is 10.1 Å². The molecule has 0 aliphatic carbocycles. The van der Waals surface area contributed by atoms with Gasteiger partial charge in [-0.15, -0.1) is 0 Å². The molecule has 2 aromatic rings. The van der Waals surface area contributed by atoms with E-state index >= 15 is 0 Å². The number of carbonyl (C=O) groups is 1. The summed E-state index contributed by atoms with van der Waals surface area (Å²) in [6.07, 6.45) is 7.19. The molecule has 0 aromatic heterocycles. The number of ether oxygens (including phenoxy) is 2. The molecule has 0 saturated carbocycles. The quantitative estimate of drug-likeness (QED) is 0.196. The van der Waals surface area contributed by atoms with Crippen LogP contribution < -0.4 is 14.4 Å². The Kier molecular flexibility index (Phi) is 8.14. The summed E-state index contributed by atoms with van der Waals surface area (Å²) in [6, 6.07) is 11.7. The number of hydrogen-bond acceptors (Lipinski definition) is 6. The van der Waals surface area contributed by atoms with Crippen LogP contribution in [0.25, 0.3) is 0 Å². The van der Waals surface area contributed by atoms with Gasteiger partial charge < -0.3 is 19.5 Å². The minimum absolute atomic E-state index is 0.110. The monoisotopic (exact) mass is 485 g/mol. The number of hydrogen-bond donors (Lipinski definition) is 2. The number of carboxylic acids is 1.